The average Bonchev–Trinajstić information content (AvgIpc) is 2.10. The first-order chi connectivity index (χ1) is 6.19. The Morgan fingerprint density at radius 2 is 1.64 bits per heavy atom. The summed E-state index contributed by atoms with van der Waals surface area (Å²) >= 11 is 0. The van der Waals surface area contributed by atoms with Gasteiger partial charge in [-0.1, -0.05) is 6.08 Å². The molecule has 1 aliphatic rings. The van der Waals surface area contributed by atoms with E-state index in [0.29, 0.717) is 12.2 Å². The third-order valence-electron chi connectivity index (χ3n) is 2.20. The van der Waals surface area contributed by atoms with Gasteiger partial charge in [0.15, 0.2) is 11.9 Å². The Hall–Kier alpha value is -0.830. The fraction of sp³-hybridized carbons (Fsp3) is 0.571. The Balaban J connectivity index is 3.31. The van der Waals surface area contributed by atoms with Crippen LogP contribution in [0.4, 0.5) is 0 Å². The highest BCUT2D eigenvalue weighted by atomic mass is 16.6. The molecule has 0 heterocycles. The molecular formula is C7H10O7. The predicted octanol–water partition coefficient (Wildman–Crippen LogP) is -3.79. The highest BCUT2D eigenvalue weighted by Crippen LogP contribution is 2.35. The van der Waals surface area contributed by atoms with Crippen molar-refractivity contribution >= 4 is 6.29 Å². The lowest BCUT2D eigenvalue weighted by molar-refractivity contribution is -0.412. The maximum Gasteiger partial charge on any atom is 0.262 e. The molecule has 2 unspecified atom stereocenters. The molecule has 7 heteroatoms. The van der Waals surface area contributed by atoms with Crippen molar-refractivity contribution < 1.29 is 35.4 Å². The maximum atomic E-state index is 10.4. The molecule has 1 aliphatic carbocycles. The van der Waals surface area contributed by atoms with Crippen molar-refractivity contribution in [3.63, 3.8) is 0 Å². The first-order valence-corrected chi connectivity index (χ1v) is 3.64. The van der Waals surface area contributed by atoms with Crippen LogP contribution in [0.3, 0.4) is 0 Å². The normalized spacial score (nSPS) is 39.4. The first kappa shape index (κ1) is 11.2. The third-order valence-corrected chi connectivity index (χ3v) is 2.20. The number of hydrogen-bond donors (Lipinski definition) is 6. The quantitative estimate of drug-likeness (QED) is 0.147. The van der Waals surface area contributed by atoms with Gasteiger partial charge in [-0.05, 0) is 6.08 Å². The van der Waals surface area contributed by atoms with Gasteiger partial charge in [-0.2, -0.15) is 0 Å². The van der Waals surface area contributed by atoms with Gasteiger partial charge >= 0.3 is 0 Å². The molecule has 0 radical (unpaired) electrons. The third kappa shape index (κ3) is 1.12. The minimum atomic E-state index is -3.59. The molecule has 1 rings (SSSR count). The van der Waals surface area contributed by atoms with Crippen LogP contribution < -0.4 is 0 Å². The molecule has 0 fully saturated rings. The summed E-state index contributed by atoms with van der Waals surface area (Å²) in [5, 5.41) is 54.7. The van der Waals surface area contributed by atoms with Gasteiger partial charge in [0, 0.05) is 0 Å². The average molecular weight is 206 g/mol. The lowest BCUT2D eigenvalue weighted by atomic mass is 9.79. The highest BCUT2D eigenvalue weighted by Gasteiger charge is 2.65. The van der Waals surface area contributed by atoms with Crippen LogP contribution in [0.5, 0.6) is 0 Å². The molecule has 0 aromatic rings. The second-order valence-electron chi connectivity index (χ2n) is 3.15. The molecule has 0 aromatic carbocycles. The number of carbonyl (C=O) groups excluding carboxylic acids is 1. The Bertz CT molecular complexity index is 282. The molecule has 7 nitrogen and oxygen atoms in total. The van der Waals surface area contributed by atoms with Gasteiger partial charge in [0.05, 0.1) is 0 Å². The molecular weight excluding hydrogens is 196 g/mol. The molecule has 0 aliphatic heterocycles. The van der Waals surface area contributed by atoms with Gasteiger partial charge in [0.2, 0.25) is 0 Å². The number of carbonyl (C=O) groups is 1. The van der Waals surface area contributed by atoms with E-state index >= 15 is 0 Å². The standard InChI is InChI=1S/C7H10O7/c8-3-5(10)2-1-4(9)6(11,12)7(5,13)14/h1-4,9-14H. The van der Waals surface area contributed by atoms with Crippen LogP contribution in [0.25, 0.3) is 0 Å². The molecule has 0 aromatic heterocycles. The molecule has 0 spiro atoms. The van der Waals surface area contributed by atoms with E-state index in [1.165, 1.54) is 0 Å². The van der Waals surface area contributed by atoms with E-state index in [1.807, 2.05) is 0 Å². The molecule has 0 amide bonds. The van der Waals surface area contributed by atoms with E-state index in [1.54, 1.807) is 0 Å². The van der Waals surface area contributed by atoms with E-state index in [-0.39, 0.29) is 6.29 Å². The van der Waals surface area contributed by atoms with Crippen LogP contribution in [-0.4, -0.2) is 60.2 Å². The van der Waals surface area contributed by atoms with Gasteiger partial charge in [0.25, 0.3) is 11.6 Å². The minimum absolute atomic E-state index is 0.281. The Kier molecular flexibility index (Phi) is 2.27. The number of aliphatic hydroxyl groups excluding tert-OH is 1. The summed E-state index contributed by atoms with van der Waals surface area (Å²) in [5.41, 5.74) is -2.88. The lowest BCUT2D eigenvalue weighted by Gasteiger charge is -2.45. The van der Waals surface area contributed by atoms with Crippen LogP contribution >= 0.6 is 0 Å². The van der Waals surface area contributed by atoms with E-state index in [0.717, 1.165) is 0 Å². The van der Waals surface area contributed by atoms with Crippen molar-refractivity contribution in [3.05, 3.63) is 12.2 Å². The molecule has 14 heavy (non-hydrogen) atoms. The highest BCUT2D eigenvalue weighted by molar-refractivity contribution is 5.69. The minimum Gasteiger partial charge on any atom is -0.383 e. The summed E-state index contributed by atoms with van der Waals surface area (Å²) in [5.74, 6) is -7.02. The van der Waals surface area contributed by atoms with Gasteiger partial charge in [-0.3, -0.25) is 4.79 Å². The Morgan fingerprint density at radius 1 is 1.14 bits per heavy atom. The predicted molar refractivity (Wildman–Crippen MR) is 40.5 cm³/mol. The number of hydrogen-bond acceptors (Lipinski definition) is 7. The van der Waals surface area contributed by atoms with Crippen molar-refractivity contribution in [2.24, 2.45) is 0 Å². The van der Waals surface area contributed by atoms with Crippen molar-refractivity contribution in [1.82, 2.24) is 0 Å². The molecule has 80 valence electrons. The fourth-order valence-electron chi connectivity index (χ4n) is 1.11. The topological polar surface area (TPSA) is 138 Å². The Labute approximate surface area is 78.2 Å². The molecule has 2 atom stereocenters. The maximum absolute atomic E-state index is 10.4. The summed E-state index contributed by atoms with van der Waals surface area (Å²) in [7, 11) is 0. The molecule has 6 N–H and O–H groups in total. The van der Waals surface area contributed by atoms with Gasteiger partial charge in [-0.25, -0.2) is 0 Å². The van der Waals surface area contributed by atoms with Crippen molar-refractivity contribution in [3.8, 4) is 0 Å². The largest absolute Gasteiger partial charge is 0.383 e. The lowest BCUT2D eigenvalue weighted by Crippen LogP contribution is -2.73. The molecule has 0 bridgehead atoms. The zero-order valence-electron chi connectivity index (χ0n) is 6.90. The zero-order chi connectivity index (χ0) is 11.2. The van der Waals surface area contributed by atoms with E-state index < -0.39 is 23.3 Å². The second-order valence-corrected chi connectivity index (χ2v) is 3.15. The number of rotatable bonds is 1. The van der Waals surface area contributed by atoms with E-state index in [2.05, 4.69) is 0 Å². The number of aliphatic hydroxyl groups is 6. The van der Waals surface area contributed by atoms with Crippen LogP contribution in [-0.2, 0) is 4.79 Å². The fourth-order valence-corrected chi connectivity index (χ4v) is 1.11. The monoisotopic (exact) mass is 206 g/mol. The molecule has 0 saturated carbocycles. The van der Waals surface area contributed by atoms with Crippen LogP contribution in [0.15, 0.2) is 12.2 Å². The first-order valence-electron chi connectivity index (χ1n) is 3.64. The summed E-state index contributed by atoms with van der Waals surface area (Å²) in [6.07, 6.45) is -1.08. The van der Waals surface area contributed by atoms with Crippen LogP contribution in [0.1, 0.15) is 0 Å². The summed E-state index contributed by atoms with van der Waals surface area (Å²) in [6, 6.07) is 0. The van der Waals surface area contributed by atoms with Crippen molar-refractivity contribution in [2.75, 3.05) is 0 Å². The smallest absolute Gasteiger partial charge is 0.262 e. The Morgan fingerprint density at radius 3 is 2.07 bits per heavy atom. The number of aldehydes is 1. The van der Waals surface area contributed by atoms with Crippen molar-refractivity contribution in [2.45, 2.75) is 23.3 Å². The van der Waals surface area contributed by atoms with Crippen molar-refractivity contribution in [1.29, 1.82) is 0 Å². The van der Waals surface area contributed by atoms with Crippen LogP contribution in [0, 0.1) is 0 Å². The van der Waals surface area contributed by atoms with Gasteiger partial charge < -0.3 is 30.6 Å². The zero-order valence-corrected chi connectivity index (χ0v) is 6.90. The van der Waals surface area contributed by atoms with E-state index in [9.17, 15) is 9.90 Å². The SMILES string of the molecule is O=CC1(O)C=CC(O)C(O)(O)C1(O)O. The molecule has 0 saturated heterocycles. The van der Waals surface area contributed by atoms with Gasteiger partial charge in [0.1, 0.15) is 6.10 Å². The summed E-state index contributed by atoms with van der Waals surface area (Å²) in [4.78, 5) is 10.4. The second kappa shape index (κ2) is 2.83. The summed E-state index contributed by atoms with van der Waals surface area (Å²) < 4.78 is 0. The van der Waals surface area contributed by atoms with Gasteiger partial charge in [-0.15, -0.1) is 0 Å². The summed E-state index contributed by atoms with van der Waals surface area (Å²) in [6.45, 7) is 0. The van der Waals surface area contributed by atoms with Crippen LogP contribution in [0.2, 0.25) is 0 Å². The van der Waals surface area contributed by atoms with E-state index in [4.69, 9.17) is 25.5 Å².